The van der Waals surface area contributed by atoms with Gasteiger partial charge in [-0.05, 0) is 48.9 Å². The smallest absolute Gasteiger partial charge is 0.255 e. The van der Waals surface area contributed by atoms with Crippen molar-refractivity contribution < 1.29 is 28.6 Å². The van der Waals surface area contributed by atoms with Crippen molar-refractivity contribution in [3.05, 3.63) is 64.7 Å². The summed E-state index contributed by atoms with van der Waals surface area (Å²) in [6.45, 7) is 4.86. The number of methoxy groups -OCH3 is 1. The topological polar surface area (TPSA) is 97.4 Å². The molecule has 0 radical (unpaired) electrons. The van der Waals surface area contributed by atoms with Crippen molar-refractivity contribution in [2.75, 3.05) is 33.5 Å². The normalized spacial score (nSPS) is 21.7. The summed E-state index contributed by atoms with van der Waals surface area (Å²) >= 11 is 0. The summed E-state index contributed by atoms with van der Waals surface area (Å²) in [5.41, 5.74) is 3.64. The molecular formula is C30H37N3O6. The lowest BCUT2D eigenvalue weighted by molar-refractivity contribution is -0.136. The average molecular weight is 536 g/mol. The number of fused-ring (bicyclic) bond motifs is 1. The Morgan fingerprint density at radius 3 is 2.67 bits per heavy atom. The van der Waals surface area contributed by atoms with Crippen molar-refractivity contribution in [3.63, 3.8) is 0 Å². The number of morpholine rings is 1. The van der Waals surface area contributed by atoms with E-state index in [-0.39, 0.29) is 18.2 Å². The van der Waals surface area contributed by atoms with E-state index in [0.717, 1.165) is 63.3 Å². The molecule has 2 saturated heterocycles. The van der Waals surface area contributed by atoms with Crippen molar-refractivity contribution in [3.8, 4) is 5.75 Å². The molecule has 0 aromatic heterocycles. The third-order valence-electron chi connectivity index (χ3n) is 7.83. The van der Waals surface area contributed by atoms with Crippen molar-refractivity contribution in [1.82, 2.24) is 15.1 Å². The number of carbonyl (C=O) groups excluding carboxylic acids is 3. The second-order valence-corrected chi connectivity index (χ2v) is 10.5. The fourth-order valence-electron chi connectivity index (χ4n) is 5.62. The third-order valence-corrected chi connectivity index (χ3v) is 7.83. The van der Waals surface area contributed by atoms with Gasteiger partial charge in [0.2, 0.25) is 11.8 Å². The Bertz CT molecular complexity index is 1180. The summed E-state index contributed by atoms with van der Waals surface area (Å²) in [7, 11) is 1.75. The van der Waals surface area contributed by atoms with E-state index in [1.807, 2.05) is 6.07 Å². The van der Waals surface area contributed by atoms with E-state index in [0.29, 0.717) is 36.9 Å². The van der Waals surface area contributed by atoms with Gasteiger partial charge in [0.1, 0.15) is 18.4 Å². The van der Waals surface area contributed by atoms with Crippen molar-refractivity contribution in [2.45, 2.75) is 63.9 Å². The second kappa shape index (κ2) is 12.7. The van der Waals surface area contributed by atoms with E-state index in [4.69, 9.17) is 14.2 Å². The molecule has 0 bridgehead atoms. The zero-order valence-corrected chi connectivity index (χ0v) is 22.5. The van der Waals surface area contributed by atoms with E-state index in [9.17, 15) is 14.4 Å². The molecule has 1 N–H and O–H groups in total. The highest BCUT2D eigenvalue weighted by Gasteiger charge is 2.40. The van der Waals surface area contributed by atoms with Gasteiger partial charge in [0.15, 0.2) is 0 Å². The number of unbranched alkanes of at least 4 members (excludes halogenated alkanes) is 1. The Kier molecular flexibility index (Phi) is 8.91. The molecule has 5 rings (SSSR count). The van der Waals surface area contributed by atoms with Crippen LogP contribution in [0, 0.1) is 0 Å². The quantitative estimate of drug-likeness (QED) is 0.349. The molecule has 0 aliphatic carbocycles. The first-order valence-electron chi connectivity index (χ1n) is 13.8. The monoisotopic (exact) mass is 535 g/mol. The molecule has 39 heavy (non-hydrogen) atoms. The molecule has 2 atom stereocenters. The largest absolute Gasteiger partial charge is 0.489 e. The lowest BCUT2D eigenvalue weighted by Gasteiger charge is -2.35. The van der Waals surface area contributed by atoms with Crippen LogP contribution in [0.15, 0.2) is 42.5 Å². The molecule has 2 aromatic rings. The van der Waals surface area contributed by atoms with Gasteiger partial charge in [-0.1, -0.05) is 30.3 Å². The lowest BCUT2D eigenvalue weighted by atomic mass is 10.0. The van der Waals surface area contributed by atoms with Crippen LogP contribution < -0.4 is 10.1 Å². The number of piperidine rings is 1. The first kappa shape index (κ1) is 27.3. The SMILES string of the molecule is COCCCCC1COCCN1Cc1ccc(COc2cccc3c2CN(C2CCC(=O)NC2=O)C3=O)cc1. The van der Waals surface area contributed by atoms with Gasteiger partial charge in [0.25, 0.3) is 5.91 Å². The Morgan fingerprint density at radius 2 is 1.87 bits per heavy atom. The van der Waals surface area contributed by atoms with Gasteiger partial charge in [-0.3, -0.25) is 24.6 Å². The maximum absolute atomic E-state index is 13.0. The van der Waals surface area contributed by atoms with Gasteiger partial charge in [-0.15, -0.1) is 0 Å². The zero-order valence-electron chi connectivity index (χ0n) is 22.5. The van der Waals surface area contributed by atoms with Crippen LogP contribution in [-0.4, -0.2) is 73.1 Å². The maximum atomic E-state index is 13.0. The van der Waals surface area contributed by atoms with Gasteiger partial charge >= 0.3 is 0 Å². The Hall–Kier alpha value is -3.27. The van der Waals surface area contributed by atoms with E-state index >= 15 is 0 Å². The fourth-order valence-corrected chi connectivity index (χ4v) is 5.62. The summed E-state index contributed by atoms with van der Waals surface area (Å²) in [6.07, 6.45) is 3.89. The molecule has 3 aliphatic rings. The second-order valence-electron chi connectivity index (χ2n) is 10.5. The van der Waals surface area contributed by atoms with Crippen molar-refractivity contribution in [2.24, 2.45) is 0 Å². The minimum absolute atomic E-state index is 0.200. The minimum atomic E-state index is -0.639. The highest BCUT2D eigenvalue weighted by molar-refractivity contribution is 6.05. The number of rotatable bonds is 11. The van der Waals surface area contributed by atoms with Crippen LogP contribution >= 0.6 is 0 Å². The number of hydrogen-bond donors (Lipinski definition) is 1. The van der Waals surface area contributed by atoms with Crippen LogP contribution in [0.4, 0.5) is 0 Å². The molecule has 2 unspecified atom stereocenters. The van der Waals surface area contributed by atoms with Gasteiger partial charge in [-0.25, -0.2) is 0 Å². The first-order valence-corrected chi connectivity index (χ1v) is 13.8. The zero-order chi connectivity index (χ0) is 27.2. The predicted octanol–water partition coefficient (Wildman–Crippen LogP) is 3.04. The summed E-state index contributed by atoms with van der Waals surface area (Å²) < 4.78 is 17.1. The molecule has 2 fully saturated rings. The third kappa shape index (κ3) is 6.49. The first-order chi connectivity index (χ1) is 19.0. The van der Waals surface area contributed by atoms with E-state index < -0.39 is 11.9 Å². The molecule has 208 valence electrons. The summed E-state index contributed by atoms with van der Waals surface area (Å²) in [6, 6.07) is 13.7. The number of imide groups is 1. The number of carbonyl (C=O) groups is 3. The molecular weight excluding hydrogens is 498 g/mol. The van der Waals surface area contributed by atoms with Gasteiger partial charge in [-0.2, -0.15) is 0 Å². The van der Waals surface area contributed by atoms with Crippen LogP contribution in [0.25, 0.3) is 0 Å². The Morgan fingerprint density at radius 1 is 1.05 bits per heavy atom. The molecule has 9 nitrogen and oxygen atoms in total. The molecule has 2 aromatic carbocycles. The predicted molar refractivity (Wildman–Crippen MR) is 144 cm³/mol. The highest BCUT2D eigenvalue weighted by atomic mass is 16.5. The molecule has 3 amide bonds. The minimum Gasteiger partial charge on any atom is -0.489 e. The highest BCUT2D eigenvalue weighted by Crippen LogP contribution is 2.34. The Labute approximate surface area is 229 Å². The van der Waals surface area contributed by atoms with E-state index in [1.165, 1.54) is 5.56 Å². The van der Waals surface area contributed by atoms with Crippen LogP contribution in [0.2, 0.25) is 0 Å². The number of amides is 3. The average Bonchev–Trinajstić information content (AvgIpc) is 3.28. The molecule has 3 heterocycles. The summed E-state index contributed by atoms with van der Waals surface area (Å²) in [5.74, 6) is -0.263. The van der Waals surface area contributed by atoms with Gasteiger partial charge in [0, 0.05) is 50.4 Å². The number of benzene rings is 2. The molecule has 3 aliphatic heterocycles. The summed E-state index contributed by atoms with van der Waals surface area (Å²) in [5, 5.41) is 2.34. The lowest BCUT2D eigenvalue weighted by Crippen LogP contribution is -2.52. The fraction of sp³-hybridized carbons (Fsp3) is 0.500. The van der Waals surface area contributed by atoms with E-state index in [2.05, 4.69) is 34.5 Å². The van der Waals surface area contributed by atoms with Crippen LogP contribution in [0.5, 0.6) is 5.75 Å². The van der Waals surface area contributed by atoms with Crippen molar-refractivity contribution >= 4 is 17.7 Å². The molecule has 9 heteroatoms. The summed E-state index contributed by atoms with van der Waals surface area (Å²) in [4.78, 5) is 41.0. The number of ether oxygens (including phenoxy) is 3. The van der Waals surface area contributed by atoms with Gasteiger partial charge < -0.3 is 19.1 Å². The standard InChI is InChI=1S/C30H37N3O6/c1-37-15-3-2-5-23-20-38-16-14-32(23)17-21-8-10-22(11-9-21)19-39-27-7-4-6-24-25(27)18-33(30(24)36)26-12-13-28(34)31-29(26)35/h4,6-11,23,26H,2-3,5,12-20H2,1H3,(H,31,34,35). The van der Waals surface area contributed by atoms with E-state index in [1.54, 1.807) is 24.1 Å². The maximum Gasteiger partial charge on any atom is 0.255 e. The van der Waals surface area contributed by atoms with Gasteiger partial charge in [0.05, 0.1) is 19.8 Å². The number of nitrogens with zero attached hydrogens (tertiary/aromatic N) is 2. The Balaban J connectivity index is 1.17. The molecule has 0 spiro atoms. The number of nitrogens with one attached hydrogen (secondary N) is 1. The van der Waals surface area contributed by atoms with Crippen molar-refractivity contribution in [1.29, 1.82) is 0 Å². The van der Waals surface area contributed by atoms with Crippen LogP contribution in [0.1, 0.15) is 59.2 Å². The molecule has 0 saturated carbocycles. The van der Waals surface area contributed by atoms with Crippen LogP contribution in [0.3, 0.4) is 0 Å². The number of hydrogen-bond acceptors (Lipinski definition) is 7. The van der Waals surface area contributed by atoms with Crippen LogP contribution in [-0.2, 0) is 38.8 Å².